The van der Waals surface area contributed by atoms with Gasteiger partial charge in [-0.1, -0.05) is 25.1 Å². The molecule has 1 aromatic carbocycles. The summed E-state index contributed by atoms with van der Waals surface area (Å²) in [6.45, 7) is 5.87. The van der Waals surface area contributed by atoms with Crippen LogP contribution < -0.4 is 10.9 Å². The zero-order valence-electron chi connectivity index (χ0n) is 12.0. The van der Waals surface area contributed by atoms with E-state index in [2.05, 4.69) is 5.32 Å². The summed E-state index contributed by atoms with van der Waals surface area (Å²) in [4.78, 5) is 23.2. The van der Waals surface area contributed by atoms with Gasteiger partial charge in [-0.05, 0) is 32.4 Å². The molecule has 0 saturated heterocycles. The number of hydrogen-bond donors (Lipinski definition) is 1. The highest BCUT2D eigenvalue weighted by molar-refractivity contribution is 5.72. The lowest BCUT2D eigenvalue weighted by atomic mass is 10.2. The molecular formula is C15H19N3O2. The molecule has 0 fully saturated rings. The van der Waals surface area contributed by atoms with Crippen molar-refractivity contribution in [2.45, 2.75) is 33.2 Å². The number of para-hydroxylation sites is 1. The minimum Gasteiger partial charge on any atom is -0.323 e. The van der Waals surface area contributed by atoms with Crippen LogP contribution in [0.4, 0.5) is 5.69 Å². The van der Waals surface area contributed by atoms with Crippen molar-refractivity contribution in [3.05, 3.63) is 46.4 Å². The van der Waals surface area contributed by atoms with Gasteiger partial charge in [-0.3, -0.25) is 14.3 Å². The number of anilines is 1. The minimum absolute atomic E-state index is 0.00444. The van der Waals surface area contributed by atoms with E-state index in [9.17, 15) is 9.59 Å². The quantitative estimate of drug-likeness (QED) is 0.850. The highest BCUT2D eigenvalue weighted by atomic mass is 16.1. The van der Waals surface area contributed by atoms with Crippen LogP contribution in [-0.4, -0.2) is 15.8 Å². The normalized spacial score (nSPS) is 10.8. The largest absolute Gasteiger partial charge is 0.323 e. The first-order valence-corrected chi connectivity index (χ1v) is 6.73. The number of aromatic nitrogens is 2. The average molecular weight is 273 g/mol. The van der Waals surface area contributed by atoms with E-state index in [-0.39, 0.29) is 11.6 Å². The van der Waals surface area contributed by atoms with Gasteiger partial charge < -0.3 is 5.32 Å². The van der Waals surface area contributed by atoms with E-state index in [1.807, 2.05) is 55.8 Å². The highest BCUT2D eigenvalue weighted by Crippen LogP contribution is 2.20. The fourth-order valence-electron chi connectivity index (χ4n) is 2.41. The Kier molecular flexibility index (Phi) is 4.08. The minimum atomic E-state index is -0.173. The predicted molar refractivity (Wildman–Crippen MR) is 79.5 cm³/mol. The van der Waals surface area contributed by atoms with Crippen LogP contribution in [0.5, 0.6) is 0 Å². The molecule has 5 heteroatoms. The number of rotatable bonds is 5. The summed E-state index contributed by atoms with van der Waals surface area (Å²) in [7, 11) is 0. The van der Waals surface area contributed by atoms with Gasteiger partial charge in [0.15, 0.2) is 0 Å². The first-order valence-electron chi connectivity index (χ1n) is 6.73. The van der Waals surface area contributed by atoms with Crippen molar-refractivity contribution in [3.63, 3.8) is 0 Å². The molecule has 1 amide bonds. The molecule has 0 aliphatic carbocycles. The van der Waals surface area contributed by atoms with Gasteiger partial charge in [-0.15, -0.1) is 0 Å². The van der Waals surface area contributed by atoms with Crippen molar-refractivity contribution in [3.8, 4) is 5.69 Å². The Balaban J connectivity index is 2.80. The number of nitrogens with zero attached hydrogens (tertiary/aromatic N) is 2. The van der Waals surface area contributed by atoms with Crippen molar-refractivity contribution < 1.29 is 4.79 Å². The molecule has 0 radical (unpaired) electrons. The summed E-state index contributed by atoms with van der Waals surface area (Å²) >= 11 is 0. The Morgan fingerprint density at radius 1 is 1.25 bits per heavy atom. The smallest absolute Gasteiger partial charge is 0.291 e. The fourth-order valence-corrected chi connectivity index (χ4v) is 2.41. The Labute approximate surface area is 117 Å². The van der Waals surface area contributed by atoms with Gasteiger partial charge in [0.1, 0.15) is 5.69 Å². The van der Waals surface area contributed by atoms with Crippen molar-refractivity contribution in [2.75, 3.05) is 5.32 Å². The van der Waals surface area contributed by atoms with Crippen molar-refractivity contribution in [1.29, 1.82) is 0 Å². The molecular weight excluding hydrogens is 254 g/mol. The number of carbonyl (C=O) groups is 1. The number of carbonyl (C=O) groups excluding carboxylic acids is 1. The average Bonchev–Trinajstić information content (AvgIpc) is 2.73. The van der Waals surface area contributed by atoms with E-state index >= 15 is 0 Å². The summed E-state index contributed by atoms with van der Waals surface area (Å²) in [5, 5.41) is 2.55. The van der Waals surface area contributed by atoms with Crippen LogP contribution in [0.25, 0.3) is 5.69 Å². The van der Waals surface area contributed by atoms with Gasteiger partial charge in [0, 0.05) is 6.04 Å². The molecule has 1 heterocycles. The second-order valence-electron chi connectivity index (χ2n) is 4.83. The lowest BCUT2D eigenvalue weighted by Gasteiger charge is -2.17. The summed E-state index contributed by atoms with van der Waals surface area (Å²) in [6, 6.07) is 9.67. The molecule has 106 valence electrons. The third kappa shape index (κ3) is 2.27. The molecule has 0 bridgehead atoms. The van der Waals surface area contributed by atoms with Crippen LogP contribution in [0, 0.1) is 0 Å². The van der Waals surface area contributed by atoms with Crippen LogP contribution in [0.2, 0.25) is 0 Å². The van der Waals surface area contributed by atoms with Gasteiger partial charge in [-0.2, -0.15) is 0 Å². The molecule has 0 saturated carbocycles. The third-order valence-electron chi connectivity index (χ3n) is 3.21. The lowest BCUT2D eigenvalue weighted by molar-refractivity contribution is -0.105. The first-order chi connectivity index (χ1) is 9.61. The maximum Gasteiger partial charge on any atom is 0.291 e. The second kappa shape index (κ2) is 5.77. The molecule has 2 rings (SSSR count). The number of nitrogens with one attached hydrogen (secondary N) is 1. The summed E-state index contributed by atoms with van der Waals surface area (Å²) in [5.41, 5.74) is 1.91. The zero-order chi connectivity index (χ0) is 14.7. The van der Waals surface area contributed by atoms with Crippen LogP contribution in [0.1, 0.15) is 32.5 Å². The number of benzene rings is 1. The SMILES string of the molecule is CCc1c(NC=O)c(=O)n(C(C)C)n1-c1ccccc1. The molecule has 1 N–H and O–H groups in total. The van der Waals surface area contributed by atoms with E-state index in [1.165, 1.54) is 0 Å². The number of hydrogen-bond acceptors (Lipinski definition) is 2. The topological polar surface area (TPSA) is 56.0 Å². The maximum atomic E-state index is 12.5. The summed E-state index contributed by atoms with van der Waals surface area (Å²) in [6.07, 6.45) is 1.20. The molecule has 0 atom stereocenters. The van der Waals surface area contributed by atoms with E-state index in [0.717, 1.165) is 11.4 Å². The molecule has 1 aromatic heterocycles. The number of amides is 1. The van der Waals surface area contributed by atoms with Gasteiger partial charge >= 0.3 is 0 Å². The predicted octanol–water partition coefficient (Wildman–Crippen LogP) is 2.35. The van der Waals surface area contributed by atoms with Crippen molar-refractivity contribution in [2.24, 2.45) is 0 Å². The second-order valence-corrected chi connectivity index (χ2v) is 4.83. The van der Waals surface area contributed by atoms with Crippen molar-refractivity contribution >= 4 is 12.1 Å². The molecule has 0 spiro atoms. The highest BCUT2D eigenvalue weighted by Gasteiger charge is 2.21. The standard InChI is InChI=1S/C15H19N3O2/c1-4-13-14(16-10-19)15(20)17(11(2)3)18(13)12-8-6-5-7-9-12/h5-11H,4H2,1-3H3,(H,16,19). The Morgan fingerprint density at radius 3 is 2.40 bits per heavy atom. The fraction of sp³-hybridized carbons (Fsp3) is 0.333. The Hall–Kier alpha value is -2.30. The monoisotopic (exact) mass is 273 g/mol. The molecule has 0 unspecified atom stereocenters. The van der Waals surface area contributed by atoms with Crippen LogP contribution in [-0.2, 0) is 11.2 Å². The van der Waals surface area contributed by atoms with E-state index in [1.54, 1.807) is 4.68 Å². The summed E-state index contributed by atoms with van der Waals surface area (Å²) in [5.74, 6) is 0. The van der Waals surface area contributed by atoms with Gasteiger partial charge in [-0.25, -0.2) is 4.68 Å². The van der Waals surface area contributed by atoms with Gasteiger partial charge in [0.05, 0.1) is 11.4 Å². The molecule has 5 nitrogen and oxygen atoms in total. The maximum absolute atomic E-state index is 12.5. The third-order valence-corrected chi connectivity index (χ3v) is 3.21. The Bertz CT molecular complexity index is 654. The molecule has 20 heavy (non-hydrogen) atoms. The van der Waals surface area contributed by atoms with Gasteiger partial charge in [0.25, 0.3) is 5.56 Å². The van der Waals surface area contributed by atoms with E-state index in [0.29, 0.717) is 18.5 Å². The van der Waals surface area contributed by atoms with Crippen molar-refractivity contribution in [1.82, 2.24) is 9.36 Å². The first kappa shape index (κ1) is 14.1. The van der Waals surface area contributed by atoms with Crippen LogP contribution in [0.3, 0.4) is 0 Å². The molecule has 0 aliphatic heterocycles. The summed E-state index contributed by atoms with van der Waals surface area (Å²) < 4.78 is 3.55. The van der Waals surface area contributed by atoms with Gasteiger partial charge in [0.2, 0.25) is 6.41 Å². The molecule has 2 aromatic rings. The lowest BCUT2D eigenvalue weighted by Crippen LogP contribution is -2.25. The van der Waals surface area contributed by atoms with Crippen LogP contribution >= 0.6 is 0 Å². The zero-order valence-corrected chi connectivity index (χ0v) is 12.0. The Morgan fingerprint density at radius 2 is 1.90 bits per heavy atom. The van der Waals surface area contributed by atoms with Crippen LogP contribution in [0.15, 0.2) is 35.1 Å². The van der Waals surface area contributed by atoms with E-state index < -0.39 is 0 Å². The van der Waals surface area contributed by atoms with E-state index in [4.69, 9.17) is 0 Å². The molecule has 0 aliphatic rings.